The largest absolute Gasteiger partial charge is 0.396 e. The fourth-order valence-corrected chi connectivity index (χ4v) is 1.73. The van der Waals surface area contributed by atoms with Crippen LogP contribution in [0.1, 0.15) is 13.8 Å². The number of hydrogen-bond donors (Lipinski definition) is 4. The molecule has 0 saturated carbocycles. The molecule has 0 heterocycles. The van der Waals surface area contributed by atoms with Gasteiger partial charge in [-0.05, 0) is 6.92 Å². The van der Waals surface area contributed by atoms with Crippen LogP contribution in [0.25, 0.3) is 0 Å². The van der Waals surface area contributed by atoms with Crippen molar-refractivity contribution in [2.24, 2.45) is 5.92 Å². The third-order valence-corrected chi connectivity index (χ3v) is 3.06. The van der Waals surface area contributed by atoms with Crippen LogP contribution in [0.4, 0.5) is 0 Å². The van der Waals surface area contributed by atoms with E-state index in [9.17, 15) is 9.13 Å². The van der Waals surface area contributed by atoms with Crippen molar-refractivity contribution in [1.82, 2.24) is 0 Å². The molecule has 22 heavy (non-hydrogen) atoms. The first kappa shape index (κ1) is 24.4. The molecule has 0 aliphatic heterocycles. The van der Waals surface area contributed by atoms with Crippen molar-refractivity contribution in [2.75, 3.05) is 52.4 Å². The summed E-state index contributed by atoms with van der Waals surface area (Å²) in [6.45, 7) is 6.43. The molecule has 0 aromatic carbocycles. The van der Waals surface area contributed by atoms with Gasteiger partial charge in [-0.15, -0.1) is 0 Å². The molecular formula is C11H28O9P2. The predicted octanol–water partition coefficient (Wildman–Crippen LogP) is 0.664. The standard InChI is InChI=1S/C6H15O4P.C5H13O5P/c1-6(3-7)4-10-5-11(2,8)9;1-2-9-3-4-10-5-11(6,7)8/h6-7H,3-5H2,1-2H3,(H,8,9);2-5H2,1H3,(H2,6,7,8). The monoisotopic (exact) mass is 366 g/mol. The van der Waals surface area contributed by atoms with E-state index < -0.39 is 21.3 Å². The molecule has 4 N–H and O–H groups in total. The van der Waals surface area contributed by atoms with E-state index in [0.717, 1.165) is 0 Å². The van der Waals surface area contributed by atoms with Gasteiger partial charge in [-0.1, -0.05) is 6.92 Å². The van der Waals surface area contributed by atoms with Crippen LogP contribution in [0.15, 0.2) is 0 Å². The average molecular weight is 366 g/mol. The zero-order chi connectivity index (χ0) is 17.6. The van der Waals surface area contributed by atoms with Crippen LogP contribution in [-0.2, 0) is 23.3 Å². The van der Waals surface area contributed by atoms with Crippen LogP contribution < -0.4 is 0 Å². The second-order valence-corrected chi connectivity index (χ2v) is 8.69. The predicted molar refractivity (Wildman–Crippen MR) is 82.2 cm³/mol. The van der Waals surface area contributed by atoms with Gasteiger partial charge in [0, 0.05) is 25.8 Å². The highest BCUT2D eigenvalue weighted by atomic mass is 31.2. The molecule has 0 bridgehead atoms. The first-order valence-corrected chi connectivity index (χ1v) is 10.8. The third kappa shape index (κ3) is 25.2. The van der Waals surface area contributed by atoms with Crippen molar-refractivity contribution in [2.45, 2.75) is 13.8 Å². The summed E-state index contributed by atoms with van der Waals surface area (Å²) < 4.78 is 35.2. The Kier molecular flexibility index (Phi) is 15.1. The highest BCUT2D eigenvalue weighted by Gasteiger charge is 2.11. The number of rotatable bonds is 11. The van der Waals surface area contributed by atoms with E-state index in [1.807, 2.05) is 6.92 Å². The van der Waals surface area contributed by atoms with Crippen LogP contribution in [0.5, 0.6) is 0 Å². The Hall–Kier alpha value is 0.180. The van der Waals surface area contributed by atoms with E-state index in [1.54, 1.807) is 6.92 Å². The lowest BCUT2D eigenvalue weighted by atomic mass is 10.2. The van der Waals surface area contributed by atoms with E-state index >= 15 is 0 Å². The van der Waals surface area contributed by atoms with Gasteiger partial charge in [0.15, 0.2) is 0 Å². The first-order valence-electron chi connectivity index (χ1n) is 6.69. The van der Waals surface area contributed by atoms with Crippen molar-refractivity contribution in [1.29, 1.82) is 0 Å². The summed E-state index contributed by atoms with van der Waals surface area (Å²) in [4.78, 5) is 25.4. The van der Waals surface area contributed by atoms with E-state index in [4.69, 9.17) is 29.3 Å². The Balaban J connectivity index is 0. The Morgan fingerprint density at radius 2 is 1.55 bits per heavy atom. The summed E-state index contributed by atoms with van der Waals surface area (Å²) in [6, 6.07) is 0. The van der Waals surface area contributed by atoms with Crippen LogP contribution in [0, 0.1) is 5.92 Å². The first-order chi connectivity index (χ1) is 10.0. The number of aliphatic hydroxyl groups excluding tert-OH is 1. The summed E-state index contributed by atoms with van der Waals surface area (Å²) in [5.41, 5.74) is 0. The van der Waals surface area contributed by atoms with Gasteiger partial charge < -0.3 is 34.0 Å². The van der Waals surface area contributed by atoms with Crippen LogP contribution >= 0.6 is 15.0 Å². The summed E-state index contributed by atoms with van der Waals surface area (Å²) in [5, 5.41) is 8.55. The summed E-state index contributed by atoms with van der Waals surface area (Å²) in [5.74, 6) is 0.0292. The molecule has 0 aliphatic carbocycles. The molecule has 0 saturated heterocycles. The highest BCUT2D eigenvalue weighted by Crippen LogP contribution is 2.34. The van der Waals surface area contributed by atoms with Crippen LogP contribution in [0.3, 0.4) is 0 Å². The summed E-state index contributed by atoms with van der Waals surface area (Å²) in [6.07, 6.45) is -0.655. The van der Waals surface area contributed by atoms with Crippen molar-refractivity contribution < 1.29 is 43.1 Å². The normalized spacial score (nSPS) is 15.6. The molecule has 11 heteroatoms. The van der Waals surface area contributed by atoms with Gasteiger partial charge in [0.25, 0.3) is 0 Å². The van der Waals surface area contributed by atoms with Crippen molar-refractivity contribution in [3.05, 3.63) is 0 Å². The Morgan fingerprint density at radius 1 is 1.00 bits per heavy atom. The van der Waals surface area contributed by atoms with Crippen molar-refractivity contribution >= 4 is 15.0 Å². The molecule has 0 fully saturated rings. The minimum Gasteiger partial charge on any atom is -0.396 e. The minimum atomic E-state index is -3.99. The Bertz CT molecular complexity index is 338. The lowest BCUT2D eigenvalue weighted by molar-refractivity contribution is 0.0650. The van der Waals surface area contributed by atoms with Gasteiger partial charge in [-0.3, -0.25) is 9.13 Å². The van der Waals surface area contributed by atoms with Gasteiger partial charge in [-0.25, -0.2) is 0 Å². The molecule has 0 aliphatic rings. The van der Waals surface area contributed by atoms with Gasteiger partial charge in [-0.2, -0.15) is 0 Å². The Morgan fingerprint density at radius 3 is 1.95 bits per heavy atom. The maximum atomic E-state index is 10.7. The molecule has 136 valence electrons. The highest BCUT2D eigenvalue weighted by molar-refractivity contribution is 7.56. The molecular weight excluding hydrogens is 338 g/mol. The van der Waals surface area contributed by atoms with Crippen LogP contribution in [-0.4, -0.2) is 72.2 Å². The maximum Gasteiger partial charge on any atom is 0.350 e. The molecule has 2 unspecified atom stereocenters. The number of aliphatic hydroxyl groups is 1. The zero-order valence-corrected chi connectivity index (χ0v) is 15.0. The summed E-state index contributed by atoms with van der Waals surface area (Å²) >= 11 is 0. The van der Waals surface area contributed by atoms with Gasteiger partial charge in [0.2, 0.25) is 7.37 Å². The van der Waals surface area contributed by atoms with Gasteiger partial charge >= 0.3 is 7.60 Å². The van der Waals surface area contributed by atoms with E-state index in [-0.39, 0.29) is 25.5 Å². The second-order valence-electron chi connectivity index (χ2n) is 4.74. The lowest BCUT2D eigenvalue weighted by Crippen LogP contribution is -2.10. The molecule has 9 nitrogen and oxygen atoms in total. The number of hydrogen-bond acceptors (Lipinski definition) is 6. The van der Waals surface area contributed by atoms with Gasteiger partial charge in [0.1, 0.15) is 12.7 Å². The van der Waals surface area contributed by atoms with E-state index in [2.05, 4.69) is 4.74 Å². The smallest absolute Gasteiger partial charge is 0.350 e. The summed E-state index contributed by atoms with van der Waals surface area (Å²) in [7, 11) is -7.03. The zero-order valence-electron chi connectivity index (χ0n) is 13.3. The fourth-order valence-electron chi connectivity index (χ4n) is 0.922. The molecule has 0 amide bonds. The number of ether oxygens (including phenoxy) is 3. The topological polar surface area (TPSA) is 143 Å². The minimum absolute atomic E-state index is 0.0292. The maximum absolute atomic E-state index is 10.7. The van der Waals surface area contributed by atoms with E-state index in [1.165, 1.54) is 6.66 Å². The molecule has 0 radical (unpaired) electrons. The molecule has 0 spiro atoms. The quantitative estimate of drug-likeness (QED) is 0.306. The SMILES string of the molecule is CC(CO)COCP(C)(=O)O.CCOCCOCP(=O)(O)O. The van der Waals surface area contributed by atoms with Gasteiger partial charge in [0.05, 0.1) is 19.8 Å². The third-order valence-electron chi connectivity index (χ3n) is 1.88. The second kappa shape index (κ2) is 13.6. The molecule has 0 rings (SSSR count). The van der Waals surface area contributed by atoms with Crippen molar-refractivity contribution in [3.8, 4) is 0 Å². The molecule has 0 aromatic heterocycles. The average Bonchev–Trinajstić information content (AvgIpc) is 2.36. The Labute approximate surface area is 131 Å². The van der Waals surface area contributed by atoms with E-state index in [0.29, 0.717) is 19.8 Å². The molecule has 0 aromatic rings. The lowest BCUT2D eigenvalue weighted by Gasteiger charge is -2.09. The fraction of sp³-hybridized carbons (Fsp3) is 1.00. The van der Waals surface area contributed by atoms with Crippen LogP contribution in [0.2, 0.25) is 0 Å². The van der Waals surface area contributed by atoms with Crippen molar-refractivity contribution in [3.63, 3.8) is 0 Å². The molecule has 2 atom stereocenters.